The average molecular weight is 915 g/mol. The van der Waals surface area contributed by atoms with Gasteiger partial charge in [0.2, 0.25) is 5.95 Å². The molecule has 1 aliphatic heterocycles. The van der Waals surface area contributed by atoms with Crippen molar-refractivity contribution in [3.63, 3.8) is 0 Å². The third-order valence-electron chi connectivity index (χ3n) is 13.7. The van der Waals surface area contributed by atoms with Crippen molar-refractivity contribution < 1.29 is 0 Å². The van der Waals surface area contributed by atoms with Crippen molar-refractivity contribution >= 4 is 55.8 Å². The summed E-state index contributed by atoms with van der Waals surface area (Å²) in [4.78, 5) is 21.2. The van der Waals surface area contributed by atoms with Gasteiger partial charge in [-0.2, -0.15) is 9.97 Å². The van der Waals surface area contributed by atoms with Crippen LogP contribution in [0.2, 0.25) is 0 Å². The third-order valence-corrected chi connectivity index (χ3v) is 13.7. The summed E-state index contributed by atoms with van der Waals surface area (Å²) >= 11 is 0. The minimum atomic E-state index is 0.506. The van der Waals surface area contributed by atoms with Crippen LogP contribution in [0.25, 0.3) is 78.1 Å². The van der Waals surface area contributed by atoms with Crippen molar-refractivity contribution in [1.29, 1.82) is 0 Å². The highest BCUT2D eigenvalue weighted by atomic mass is 15.3. The fourth-order valence-electron chi connectivity index (χ4n) is 10.4. The normalized spacial score (nSPS) is 14.5. The second kappa shape index (κ2) is 18.8. The molecular formula is C65H50N6. The molecule has 0 N–H and O–H groups in total. The Morgan fingerprint density at radius 1 is 0.394 bits per heavy atom. The van der Waals surface area contributed by atoms with Gasteiger partial charge in [0.1, 0.15) is 0 Å². The highest BCUT2D eigenvalue weighted by molar-refractivity contribution is 6.13. The SMILES string of the molecule is C=C1/C=C\C(=C)c2ccccc2N(c2nc(-c3ccccc3)nc(-c3cccc4c5ccccc5n(-c5ccccc5)c34)n2)CCN(C2=CCCC=C2c2ccccc2-c2ccccc2)c2ccccc21. The zero-order valence-electron chi connectivity index (χ0n) is 39.4. The average Bonchev–Trinajstić information content (AvgIpc) is 3.79. The molecule has 0 unspecified atom stereocenters. The van der Waals surface area contributed by atoms with Crippen LogP contribution in [0.4, 0.5) is 17.3 Å². The number of rotatable bonds is 7. The minimum absolute atomic E-state index is 0.506. The first kappa shape index (κ1) is 43.2. The molecule has 2 aromatic heterocycles. The monoisotopic (exact) mass is 914 g/mol. The Morgan fingerprint density at radius 2 is 0.915 bits per heavy atom. The van der Waals surface area contributed by atoms with E-state index >= 15 is 0 Å². The molecule has 0 saturated heterocycles. The predicted octanol–water partition coefficient (Wildman–Crippen LogP) is 16.0. The number of para-hydroxylation sites is 5. The Balaban J connectivity index is 1.07. The van der Waals surface area contributed by atoms with Gasteiger partial charge in [0.05, 0.1) is 16.7 Å². The first-order valence-corrected chi connectivity index (χ1v) is 24.3. The minimum Gasteiger partial charge on any atom is -0.339 e. The molecule has 0 amide bonds. The zero-order valence-corrected chi connectivity index (χ0v) is 39.4. The van der Waals surface area contributed by atoms with Crippen molar-refractivity contribution in [3.8, 4) is 39.6 Å². The van der Waals surface area contributed by atoms with E-state index in [0.717, 1.165) is 90.8 Å². The van der Waals surface area contributed by atoms with Crippen LogP contribution in [0, 0.1) is 0 Å². The Kier molecular flexibility index (Phi) is 11.4. The quantitative estimate of drug-likeness (QED) is 0.159. The molecule has 8 aromatic carbocycles. The van der Waals surface area contributed by atoms with E-state index in [1.807, 2.05) is 18.2 Å². The molecule has 6 heteroatoms. The van der Waals surface area contributed by atoms with Gasteiger partial charge >= 0.3 is 0 Å². The van der Waals surface area contributed by atoms with E-state index in [4.69, 9.17) is 15.0 Å². The Bertz CT molecular complexity index is 3750. The lowest BCUT2D eigenvalue weighted by atomic mass is 9.88. The lowest BCUT2D eigenvalue weighted by molar-refractivity contribution is 0.829. The number of hydrogen-bond acceptors (Lipinski definition) is 5. The molecule has 1 aliphatic carbocycles. The van der Waals surface area contributed by atoms with E-state index in [0.29, 0.717) is 30.7 Å². The van der Waals surface area contributed by atoms with Crippen molar-refractivity contribution in [1.82, 2.24) is 19.5 Å². The molecule has 0 spiro atoms. The number of anilines is 3. The maximum absolute atomic E-state index is 5.59. The second-order valence-electron chi connectivity index (χ2n) is 18.0. The highest BCUT2D eigenvalue weighted by Gasteiger charge is 2.28. The van der Waals surface area contributed by atoms with Gasteiger partial charge in [-0.05, 0) is 77.1 Å². The lowest BCUT2D eigenvalue weighted by Crippen LogP contribution is -2.35. The molecule has 2 aliphatic rings. The summed E-state index contributed by atoms with van der Waals surface area (Å²) in [5.74, 6) is 1.71. The van der Waals surface area contributed by atoms with Gasteiger partial charge in [-0.1, -0.05) is 207 Å². The zero-order chi connectivity index (χ0) is 47.7. The van der Waals surface area contributed by atoms with Crippen LogP contribution in [0.1, 0.15) is 29.5 Å². The molecule has 0 atom stereocenters. The molecule has 71 heavy (non-hydrogen) atoms. The van der Waals surface area contributed by atoms with E-state index in [1.165, 1.54) is 22.3 Å². The van der Waals surface area contributed by atoms with E-state index in [2.05, 4.69) is 240 Å². The van der Waals surface area contributed by atoms with Crippen LogP contribution in [0.15, 0.2) is 249 Å². The van der Waals surface area contributed by atoms with Gasteiger partial charge in [-0.3, -0.25) is 0 Å². The van der Waals surface area contributed by atoms with Gasteiger partial charge in [-0.15, -0.1) is 0 Å². The standard InChI is InChI=1S/C65H50N6/c1-45-41-42-46(2)51-30-15-19-38-59(51)70(44-43-69(58-37-18-14-29-50(45)58)60-39-20-16-33-54(60)53-32-13-12-31-52(53)47-23-6-3-7-24-47)65-67-63(48-25-8-4-9-26-48)66-64(68-65)57-36-22-35-56-55-34-17-21-40-61(55)71(62(56)57)49-27-10-5-11-28-49/h3-15,17-19,21-42H,1-2,16,20,43-44H2/b42-41-. The molecule has 12 rings (SSSR count). The number of allylic oxidation sites excluding steroid dienone is 7. The molecule has 0 bridgehead atoms. The summed E-state index contributed by atoms with van der Waals surface area (Å²) in [6.45, 7) is 10.4. The van der Waals surface area contributed by atoms with Gasteiger partial charge in [-0.25, -0.2) is 4.98 Å². The lowest BCUT2D eigenvalue weighted by Gasteiger charge is -2.36. The molecule has 3 heterocycles. The first-order chi connectivity index (χ1) is 35.1. The number of fused-ring (bicyclic) bond motifs is 5. The molecular weight excluding hydrogens is 865 g/mol. The maximum atomic E-state index is 5.59. The van der Waals surface area contributed by atoms with Gasteiger partial charge in [0.25, 0.3) is 0 Å². The Morgan fingerprint density at radius 3 is 1.63 bits per heavy atom. The Labute approximate surface area is 414 Å². The summed E-state index contributed by atoms with van der Waals surface area (Å²) in [5.41, 5.74) is 16.7. The topological polar surface area (TPSA) is 50.1 Å². The van der Waals surface area contributed by atoms with Crippen LogP contribution in [-0.2, 0) is 0 Å². The van der Waals surface area contributed by atoms with E-state index in [9.17, 15) is 0 Å². The molecule has 0 saturated carbocycles. The van der Waals surface area contributed by atoms with Crippen LogP contribution < -0.4 is 9.80 Å². The Hall–Kier alpha value is -9.13. The summed E-state index contributed by atoms with van der Waals surface area (Å²) in [5, 5.41) is 2.29. The molecule has 0 radical (unpaired) electrons. The van der Waals surface area contributed by atoms with Crippen LogP contribution in [0.5, 0.6) is 0 Å². The largest absolute Gasteiger partial charge is 0.339 e. The van der Waals surface area contributed by atoms with E-state index in [-0.39, 0.29) is 0 Å². The van der Waals surface area contributed by atoms with Crippen LogP contribution in [0.3, 0.4) is 0 Å². The van der Waals surface area contributed by atoms with Crippen molar-refractivity contribution in [3.05, 3.63) is 266 Å². The van der Waals surface area contributed by atoms with Crippen LogP contribution in [-0.4, -0.2) is 32.6 Å². The van der Waals surface area contributed by atoms with Crippen molar-refractivity contribution in [2.24, 2.45) is 0 Å². The fraction of sp³-hybridized carbons (Fsp3) is 0.0615. The summed E-state index contributed by atoms with van der Waals surface area (Å²) in [6.07, 6.45) is 10.9. The van der Waals surface area contributed by atoms with E-state index in [1.54, 1.807) is 0 Å². The smallest absolute Gasteiger partial charge is 0.234 e. The molecule has 0 fully saturated rings. The van der Waals surface area contributed by atoms with Gasteiger partial charge < -0.3 is 14.4 Å². The van der Waals surface area contributed by atoms with Crippen molar-refractivity contribution in [2.75, 3.05) is 22.9 Å². The maximum Gasteiger partial charge on any atom is 0.234 e. The van der Waals surface area contributed by atoms with E-state index < -0.39 is 0 Å². The first-order valence-electron chi connectivity index (χ1n) is 24.3. The van der Waals surface area contributed by atoms with Gasteiger partial charge in [0, 0.05) is 68.8 Å². The number of nitrogens with zero attached hydrogens (tertiary/aromatic N) is 6. The van der Waals surface area contributed by atoms with Gasteiger partial charge in [0.15, 0.2) is 11.6 Å². The van der Waals surface area contributed by atoms with Crippen molar-refractivity contribution in [2.45, 2.75) is 12.8 Å². The fourth-order valence-corrected chi connectivity index (χ4v) is 10.4. The summed E-state index contributed by atoms with van der Waals surface area (Å²) < 4.78 is 2.34. The number of benzene rings is 8. The predicted molar refractivity (Wildman–Crippen MR) is 297 cm³/mol. The molecule has 6 nitrogen and oxygen atoms in total. The molecule has 10 aromatic rings. The highest BCUT2D eigenvalue weighted by Crippen LogP contribution is 2.43. The number of aromatic nitrogens is 4. The van der Waals surface area contributed by atoms with Crippen LogP contribution >= 0.6 is 0 Å². The third kappa shape index (κ3) is 8.05. The summed E-state index contributed by atoms with van der Waals surface area (Å²) in [7, 11) is 0. The number of hydrogen-bond donors (Lipinski definition) is 0. The summed E-state index contributed by atoms with van der Waals surface area (Å²) in [6, 6.07) is 72.5. The molecule has 340 valence electrons. The second-order valence-corrected chi connectivity index (χ2v) is 18.0.